The Bertz CT molecular complexity index is 2310. The van der Waals surface area contributed by atoms with Gasteiger partial charge in [-0.2, -0.15) is 5.26 Å². The van der Waals surface area contributed by atoms with E-state index in [4.69, 9.17) is 11.0 Å². The molecule has 9 rings (SSSR count). The topological polar surface area (TPSA) is 44.5 Å². The predicted molar refractivity (Wildman–Crippen MR) is 170 cm³/mol. The maximum Gasteiger partial charge on any atom is 0.211 e. The molecule has 2 aliphatic rings. The molecule has 0 saturated heterocycles. The van der Waals surface area contributed by atoms with Gasteiger partial charge >= 0.3 is 0 Å². The fourth-order valence-electron chi connectivity index (χ4n) is 7.53. The van der Waals surface area contributed by atoms with Gasteiger partial charge in [-0.05, 0) is 69.8 Å². The molecule has 4 nitrogen and oxygen atoms in total. The van der Waals surface area contributed by atoms with Gasteiger partial charge in [0.15, 0.2) is 0 Å². The highest BCUT2D eigenvalue weighted by atomic mass is 16.3. The second-order valence-electron chi connectivity index (χ2n) is 11.1. The average molecular weight is 548 g/mol. The first-order valence-electron chi connectivity index (χ1n) is 14.2. The molecule has 2 heterocycles. The number of nitriles is 1. The van der Waals surface area contributed by atoms with Crippen LogP contribution in [0.1, 0.15) is 27.8 Å². The Morgan fingerprint density at radius 1 is 0.651 bits per heavy atom. The third-order valence-electron chi connectivity index (χ3n) is 9.11. The van der Waals surface area contributed by atoms with E-state index in [9.17, 15) is 5.26 Å². The summed E-state index contributed by atoms with van der Waals surface area (Å²) in [7, 11) is 0. The number of hydrogen-bond donors (Lipinski definition) is 0. The van der Waals surface area contributed by atoms with Gasteiger partial charge < -0.3 is 9.32 Å². The Kier molecular flexibility index (Phi) is 4.64. The smallest absolute Gasteiger partial charge is 0.211 e. The van der Waals surface area contributed by atoms with E-state index in [1.807, 2.05) is 24.3 Å². The molecule has 0 fully saturated rings. The van der Waals surface area contributed by atoms with Crippen LogP contribution in [0.3, 0.4) is 0 Å². The summed E-state index contributed by atoms with van der Waals surface area (Å²) in [5, 5.41) is 11.4. The molecule has 198 valence electrons. The second-order valence-corrected chi connectivity index (χ2v) is 11.1. The molecule has 1 aliphatic carbocycles. The maximum atomic E-state index is 9.72. The van der Waals surface area contributed by atoms with Crippen molar-refractivity contribution >= 4 is 44.7 Å². The van der Waals surface area contributed by atoms with Crippen molar-refractivity contribution in [1.82, 2.24) is 0 Å². The Hall–Kier alpha value is -6.10. The van der Waals surface area contributed by atoms with Gasteiger partial charge in [0, 0.05) is 22.1 Å². The van der Waals surface area contributed by atoms with Crippen LogP contribution < -0.4 is 4.90 Å². The van der Waals surface area contributed by atoms with Crippen molar-refractivity contribution in [2.24, 2.45) is 0 Å². The van der Waals surface area contributed by atoms with Crippen LogP contribution in [0.25, 0.3) is 37.9 Å². The summed E-state index contributed by atoms with van der Waals surface area (Å²) < 4.78 is 6.31. The third-order valence-corrected chi connectivity index (χ3v) is 9.11. The molecule has 0 N–H and O–H groups in total. The molecule has 1 aromatic heterocycles. The van der Waals surface area contributed by atoms with Gasteiger partial charge in [0.2, 0.25) is 5.69 Å². The molecule has 6 aromatic carbocycles. The van der Waals surface area contributed by atoms with Gasteiger partial charge in [0.1, 0.15) is 11.2 Å². The Morgan fingerprint density at radius 2 is 1.21 bits per heavy atom. The zero-order valence-electron chi connectivity index (χ0n) is 22.9. The SMILES string of the molecule is [C-]#[N+]c1ccc2oc3ccc(C#N)cc3c2c1N1c2ccccc2C2(c3ccccc3-c3ccccc32)c2ccccc21. The number of nitrogens with zero attached hydrogens (tertiary/aromatic N) is 3. The molecular weight excluding hydrogens is 526 g/mol. The number of para-hydroxylation sites is 2. The predicted octanol–water partition coefficient (Wildman–Crippen LogP) is 10.2. The van der Waals surface area contributed by atoms with Crippen LogP contribution in [-0.2, 0) is 5.41 Å². The van der Waals surface area contributed by atoms with E-state index in [2.05, 4.69) is 113 Å². The van der Waals surface area contributed by atoms with Crippen molar-refractivity contribution in [3.8, 4) is 17.2 Å². The number of anilines is 3. The maximum absolute atomic E-state index is 9.72. The fourth-order valence-corrected chi connectivity index (χ4v) is 7.53. The summed E-state index contributed by atoms with van der Waals surface area (Å²) in [5.74, 6) is 0. The van der Waals surface area contributed by atoms with E-state index in [1.165, 1.54) is 22.3 Å². The minimum atomic E-state index is -0.532. The minimum absolute atomic E-state index is 0.519. The molecule has 7 aromatic rings. The lowest BCUT2D eigenvalue weighted by Crippen LogP contribution is -2.36. The zero-order chi connectivity index (χ0) is 28.7. The largest absolute Gasteiger partial charge is 0.456 e. The molecule has 4 heteroatoms. The van der Waals surface area contributed by atoms with Crippen LogP contribution >= 0.6 is 0 Å². The van der Waals surface area contributed by atoms with Crippen LogP contribution in [0.15, 0.2) is 132 Å². The Labute approximate surface area is 248 Å². The highest BCUT2D eigenvalue weighted by molar-refractivity contribution is 6.17. The van der Waals surface area contributed by atoms with Crippen molar-refractivity contribution < 1.29 is 4.42 Å². The van der Waals surface area contributed by atoms with Gasteiger partial charge in [-0.1, -0.05) is 91.0 Å². The molecule has 1 spiro atoms. The van der Waals surface area contributed by atoms with Crippen LogP contribution in [0.4, 0.5) is 22.7 Å². The van der Waals surface area contributed by atoms with Crippen LogP contribution in [0, 0.1) is 17.9 Å². The monoisotopic (exact) mass is 547 g/mol. The highest BCUT2D eigenvalue weighted by Crippen LogP contribution is 2.64. The van der Waals surface area contributed by atoms with Gasteiger partial charge in [-0.15, -0.1) is 0 Å². The lowest BCUT2D eigenvalue weighted by atomic mass is 9.64. The van der Waals surface area contributed by atoms with E-state index < -0.39 is 5.41 Å². The summed E-state index contributed by atoms with van der Waals surface area (Å²) in [6.07, 6.45) is 0. The van der Waals surface area contributed by atoms with Crippen LogP contribution in [0.5, 0.6) is 0 Å². The van der Waals surface area contributed by atoms with E-state index in [1.54, 1.807) is 6.07 Å². The van der Waals surface area contributed by atoms with Gasteiger partial charge in [-0.25, -0.2) is 4.85 Å². The number of rotatable bonds is 1. The number of fused-ring (bicyclic) bond motifs is 12. The summed E-state index contributed by atoms with van der Waals surface area (Å²) in [4.78, 5) is 6.27. The second kappa shape index (κ2) is 8.46. The Morgan fingerprint density at radius 3 is 1.81 bits per heavy atom. The van der Waals surface area contributed by atoms with Crippen LogP contribution in [-0.4, -0.2) is 0 Å². The van der Waals surface area contributed by atoms with E-state index in [0.717, 1.165) is 39.0 Å². The zero-order valence-corrected chi connectivity index (χ0v) is 22.9. The molecule has 1 aliphatic heterocycles. The standard InChI is InChI=1S/C39H21N3O/c1-41-32-19-21-36-37(27-22-24(23-40)18-20-35(27)43-36)38(32)42-33-16-8-6-14-30(33)39(31-15-7-9-17-34(31)42)28-12-4-2-10-25(28)26-11-3-5-13-29(26)39/h2-22H. The van der Waals surface area contributed by atoms with Crippen molar-refractivity contribution in [3.63, 3.8) is 0 Å². The normalized spacial score (nSPS) is 13.7. The number of benzene rings is 6. The lowest BCUT2D eigenvalue weighted by Gasteiger charge is -2.45. The van der Waals surface area contributed by atoms with Gasteiger partial charge in [0.25, 0.3) is 0 Å². The molecular formula is C39H21N3O. The summed E-state index contributed by atoms with van der Waals surface area (Å²) in [5.41, 5.74) is 12.0. The number of furan rings is 1. The van der Waals surface area contributed by atoms with Crippen LogP contribution in [0.2, 0.25) is 0 Å². The minimum Gasteiger partial charge on any atom is -0.456 e. The van der Waals surface area contributed by atoms with Crippen molar-refractivity contribution in [3.05, 3.63) is 167 Å². The van der Waals surface area contributed by atoms with Gasteiger partial charge in [0.05, 0.1) is 29.3 Å². The lowest BCUT2D eigenvalue weighted by molar-refractivity contribution is 0.669. The molecule has 43 heavy (non-hydrogen) atoms. The highest BCUT2D eigenvalue weighted by Gasteiger charge is 2.51. The van der Waals surface area contributed by atoms with E-state index >= 15 is 0 Å². The molecule has 0 saturated carbocycles. The summed E-state index contributed by atoms with van der Waals surface area (Å²) in [6, 6.07) is 46.1. The van der Waals surface area contributed by atoms with Gasteiger partial charge in [-0.3, -0.25) is 0 Å². The first kappa shape index (κ1) is 23.6. The quantitative estimate of drug-likeness (QED) is 0.192. The Balaban J connectivity index is 1.46. The van der Waals surface area contributed by atoms with Crippen molar-refractivity contribution in [2.75, 3.05) is 4.90 Å². The molecule has 0 bridgehead atoms. The summed E-state index contributed by atoms with van der Waals surface area (Å²) in [6.45, 7) is 8.26. The average Bonchev–Trinajstić information content (AvgIpc) is 3.59. The molecule has 0 amide bonds. The first-order chi connectivity index (χ1) is 21.3. The van der Waals surface area contributed by atoms with E-state index in [0.29, 0.717) is 22.4 Å². The fraction of sp³-hybridized carbons (Fsp3) is 0.0256. The first-order valence-corrected chi connectivity index (χ1v) is 14.2. The third kappa shape index (κ3) is 2.87. The van der Waals surface area contributed by atoms with E-state index in [-0.39, 0.29) is 0 Å². The van der Waals surface area contributed by atoms with Crippen molar-refractivity contribution in [2.45, 2.75) is 5.41 Å². The summed E-state index contributed by atoms with van der Waals surface area (Å²) >= 11 is 0. The molecule has 0 radical (unpaired) electrons. The van der Waals surface area contributed by atoms with Crippen molar-refractivity contribution in [1.29, 1.82) is 5.26 Å². The molecule has 0 unspecified atom stereocenters. The molecule has 0 atom stereocenters. The number of hydrogen-bond acceptors (Lipinski definition) is 3.